The lowest BCUT2D eigenvalue weighted by atomic mass is 10.1. The van der Waals surface area contributed by atoms with Gasteiger partial charge in [-0.25, -0.2) is 0 Å². The van der Waals surface area contributed by atoms with E-state index in [1.54, 1.807) is 0 Å². The summed E-state index contributed by atoms with van der Waals surface area (Å²) in [4.78, 5) is 0. The van der Waals surface area contributed by atoms with E-state index in [4.69, 9.17) is 5.73 Å². The third kappa shape index (κ3) is 10.6. The molecule has 2 N–H and O–H groups in total. The third-order valence-electron chi connectivity index (χ3n) is 2.90. The molecule has 0 saturated carbocycles. The summed E-state index contributed by atoms with van der Waals surface area (Å²) in [6.07, 6.45) is 9.94. The van der Waals surface area contributed by atoms with Crippen molar-refractivity contribution in [2.45, 2.75) is 71.3 Å². The van der Waals surface area contributed by atoms with Crippen LogP contribution in [0.25, 0.3) is 0 Å². The lowest BCUT2D eigenvalue weighted by molar-refractivity contribution is 0.600. The SMILES string of the molecule is CCCCCCCCCS(=O)CC(N)CC. The molecule has 0 radical (unpaired) electrons. The average Bonchev–Trinajstić information content (AvgIpc) is 2.27. The summed E-state index contributed by atoms with van der Waals surface area (Å²) < 4.78 is 11.6. The van der Waals surface area contributed by atoms with Gasteiger partial charge in [0.2, 0.25) is 0 Å². The largest absolute Gasteiger partial charge is 0.327 e. The van der Waals surface area contributed by atoms with Crippen molar-refractivity contribution in [3.63, 3.8) is 0 Å². The van der Waals surface area contributed by atoms with Gasteiger partial charge in [-0.2, -0.15) is 0 Å². The van der Waals surface area contributed by atoms with Crippen LogP contribution in [0, 0.1) is 0 Å². The molecule has 2 atom stereocenters. The predicted octanol–water partition coefficient (Wildman–Crippen LogP) is 3.22. The molecule has 0 spiro atoms. The Morgan fingerprint density at radius 1 is 1.00 bits per heavy atom. The maximum Gasteiger partial charge on any atom is 0.0386 e. The number of unbranched alkanes of at least 4 members (excludes halogenated alkanes) is 6. The van der Waals surface area contributed by atoms with Crippen LogP contribution in [-0.2, 0) is 10.8 Å². The lowest BCUT2D eigenvalue weighted by Crippen LogP contribution is -2.26. The van der Waals surface area contributed by atoms with Crippen molar-refractivity contribution in [2.75, 3.05) is 11.5 Å². The molecule has 0 bridgehead atoms. The van der Waals surface area contributed by atoms with Gasteiger partial charge in [-0.3, -0.25) is 4.21 Å². The van der Waals surface area contributed by atoms with Crippen LogP contribution in [0.4, 0.5) is 0 Å². The molecule has 16 heavy (non-hydrogen) atoms. The zero-order valence-electron chi connectivity index (χ0n) is 11.0. The van der Waals surface area contributed by atoms with Crippen LogP contribution in [0.1, 0.15) is 65.2 Å². The molecule has 0 aromatic heterocycles. The fourth-order valence-electron chi connectivity index (χ4n) is 1.66. The summed E-state index contributed by atoms with van der Waals surface area (Å²) in [6.45, 7) is 4.29. The van der Waals surface area contributed by atoms with Gasteiger partial charge in [-0.15, -0.1) is 0 Å². The standard InChI is InChI=1S/C13H29NOS/c1-3-5-6-7-8-9-10-11-16(15)12-13(14)4-2/h13H,3-12,14H2,1-2H3. The molecule has 0 aromatic carbocycles. The highest BCUT2D eigenvalue weighted by atomic mass is 32.2. The van der Waals surface area contributed by atoms with Crippen molar-refractivity contribution in [3.05, 3.63) is 0 Å². The molecule has 2 unspecified atom stereocenters. The second-order valence-electron chi connectivity index (χ2n) is 4.60. The minimum absolute atomic E-state index is 0.130. The van der Waals surface area contributed by atoms with E-state index in [-0.39, 0.29) is 6.04 Å². The van der Waals surface area contributed by atoms with Crippen LogP contribution in [0.3, 0.4) is 0 Å². The van der Waals surface area contributed by atoms with Crippen molar-refractivity contribution in [1.82, 2.24) is 0 Å². The monoisotopic (exact) mass is 247 g/mol. The van der Waals surface area contributed by atoms with Crippen molar-refractivity contribution >= 4 is 10.8 Å². The van der Waals surface area contributed by atoms with Gasteiger partial charge in [-0.05, 0) is 12.8 Å². The van der Waals surface area contributed by atoms with Crippen LogP contribution in [0.15, 0.2) is 0 Å². The molecule has 3 heteroatoms. The number of rotatable bonds is 11. The first kappa shape index (κ1) is 16.1. The van der Waals surface area contributed by atoms with Crippen LogP contribution in [0.5, 0.6) is 0 Å². The molecule has 0 saturated heterocycles. The minimum atomic E-state index is -0.684. The second-order valence-corrected chi connectivity index (χ2v) is 6.22. The third-order valence-corrected chi connectivity index (χ3v) is 4.44. The van der Waals surface area contributed by atoms with Crippen LogP contribution >= 0.6 is 0 Å². The summed E-state index contributed by atoms with van der Waals surface area (Å²) in [6, 6.07) is 0.130. The topological polar surface area (TPSA) is 43.1 Å². The molecule has 0 aliphatic carbocycles. The van der Waals surface area contributed by atoms with Gasteiger partial charge in [0.25, 0.3) is 0 Å². The van der Waals surface area contributed by atoms with Gasteiger partial charge in [-0.1, -0.05) is 52.4 Å². The second kappa shape index (κ2) is 11.6. The van der Waals surface area contributed by atoms with Gasteiger partial charge in [0.05, 0.1) is 0 Å². The normalized spacial score (nSPS) is 14.9. The van der Waals surface area contributed by atoms with E-state index in [1.807, 2.05) is 0 Å². The zero-order valence-corrected chi connectivity index (χ0v) is 11.9. The molecule has 0 aromatic rings. The quantitative estimate of drug-likeness (QED) is 0.570. The number of nitrogens with two attached hydrogens (primary N) is 1. The highest BCUT2D eigenvalue weighted by Gasteiger charge is 2.05. The van der Waals surface area contributed by atoms with E-state index in [9.17, 15) is 4.21 Å². The molecule has 0 aliphatic rings. The summed E-state index contributed by atoms with van der Waals surface area (Å²) >= 11 is 0. The molecule has 0 aliphatic heterocycles. The van der Waals surface area contributed by atoms with E-state index >= 15 is 0 Å². The van der Waals surface area contributed by atoms with Gasteiger partial charge >= 0.3 is 0 Å². The molecular weight excluding hydrogens is 218 g/mol. The number of hydrogen-bond acceptors (Lipinski definition) is 2. The highest BCUT2D eigenvalue weighted by molar-refractivity contribution is 7.85. The fourth-order valence-corrected chi connectivity index (χ4v) is 3.07. The summed E-state index contributed by atoms with van der Waals surface area (Å²) in [5.74, 6) is 1.54. The molecule has 0 amide bonds. The molecule has 0 rings (SSSR count). The first-order chi connectivity index (χ1) is 7.70. The minimum Gasteiger partial charge on any atom is -0.327 e. The summed E-state index contributed by atoms with van der Waals surface area (Å²) in [5.41, 5.74) is 5.77. The fraction of sp³-hybridized carbons (Fsp3) is 1.00. The molecule has 0 heterocycles. The van der Waals surface area contributed by atoms with Gasteiger partial charge in [0.1, 0.15) is 0 Å². The Kier molecular flexibility index (Phi) is 11.7. The molecule has 2 nitrogen and oxygen atoms in total. The Labute approximate surface area is 104 Å². The molecule has 98 valence electrons. The molecular formula is C13H29NOS. The molecule has 0 fully saturated rings. The van der Waals surface area contributed by atoms with E-state index in [2.05, 4.69) is 13.8 Å². The van der Waals surface area contributed by atoms with Gasteiger partial charge in [0.15, 0.2) is 0 Å². The average molecular weight is 247 g/mol. The zero-order chi connectivity index (χ0) is 12.2. The maximum absolute atomic E-state index is 11.6. The Hall–Kier alpha value is 0.110. The van der Waals surface area contributed by atoms with Crippen molar-refractivity contribution in [2.24, 2.45) is 5.73 Å². The smallest absolute Gasteiger partial charge is 0.0386 e. The summed E-state index contributed by atoms with van der Waals surface area (Å²) in [7, 11) is -0.684. The first-order valence-electron chi connectivity index (χ1n) is 6.81. The van der Waals surface area contributed by atoms with Crippen molar-refractivity contribution < 1.29 is 4.21 Å². The lowest BCUT2D eigenvalue weighted by Gasteiger charge is -2.07. The Balaban J connectivity index is 3.21. The van der Waals surface area contributed by atoms with E-state index < -0.39 is 10.8 Å². The van der Waals surface area contributed by atoms with E-state index in [0.717, 1.165) is 18.6 Å². The van der Waals surface area contributed by atoms with Crippen LogP contribution in [-0.4, -0.2) is 21.8 Å². The Morgan fingerprint density at radius 2 is 1.56 bits per heavy atom. The van der Waals surface area contributed by atoms with E-state index in [0.29, 0.717) is 5.75 Å². The van der Waals surface area contributed by atoms with Gasteiger partial charge < -0.3 is 5.73 Å². The van der Waals surface area contributed by atoms with Crippen LogP contribution < -0.4 is 5.73 Å². The van der Waals surface area contributed by atoms with Crippen molar-refractivity contribution in [1.29, 1.82) is 0 Å². The Morgan fingerprint density at radius 3 is 2.12 bits per heavy atom. The summed E-state index contributed by atoms with van der Waals surface area (Å²) in [5, 5.41) is 0. The maximum atomic E-state index is 11.6. The van der Waals surface area contributed by atoms with Crippen LogP contribution in [0.2, 0.25) is 0 Å². The Bertz CT molecular complexity index is 173. The van der Waals surface area contributed by atoms with Crippen molar-refractivity contribution in [3.8, 4) is 0 Å². The highest BCUT2D eigenvalue weighted by Crippen LogP contribution is 2.07. The van der Waals surface area contributed by atoms with E-state index in [1.165, 1.54) is 38.5 Å². The predicted molar refractivity (Wildman–Crippen MR) is 74.1 cm³/mol. The van der Waals surface area contributed by atoms with Gasteiger partial charge in [0, 0.05) is 28.3 Å². The number of hydrogen-bond donors (Lipinski definition) is 1. The first-order valence-corrected chi connectivity index (χ1v) is 8.30.